The third-order valence-electron chi connectivity index (χ3n) is 3.62. The van der Waals surface area contributed by atoms with Gasteiger partial charge < -0.3 is 15.8 Å². The molecule has 1 aliphatic rings. The van der Waals surface area contributed by atoms with Crippen molar-refractivity contribution in [1.82, 2.24) is 9.97 Å². The molecule has 1 aromatic rings. The van der Waals surface area contributed by atoms with E-state index in [0.29, 0.717) is 30.0 Å². The Morgan fingerprint density at radius 3 is 2.71 bits per heavy atom. The molecule has 3 N–H and O–H groups in total. The van der Waals surface area contributed by atoms with Gasteiger partial charge >= 0.3 is 0 Å². The number of nitrogen functional groups attached to an aromatic ring is 1. The maximum Gasteiger partial charge on any atom is 0.242 e. The van der Waals surface area contributed by atoms with Crippen LogP contribution in [0.15, 0.2) is 0 Å². The standard InChI is InChI=1S/C16H28N4O/c1-4-5-10-21-16-13(17)15(18-9-8-11(2)3)19-14(20-16)12-6-7-12/h11-12H,4-10,17H2,1-3H3,(H,18,19,20). The smallest absolute Gasteiger partial charge is 0.242 e. The fraction of sp³-hybridized carbons (Fsp3) is 0.750. The van der Waals surface area contributed by atoms with Gasteiger partial charge in [-0.3, -0.25) is 0 Å². The molecule has 0 spiro atoms. The zero-order valence-corrected chi connectivity index (χ0v) is 13.5. The zero-order valence-electron chi connectivity index (χ0n) is 13.5. The minimum atomic E-state index is 0.491. The first kappa shape index (κ1) is 15.9. The van der Waals surface area contributed by atoms with Crippen LogP contribution in [0.5, 0.6) is 5.88 Å². The largest absolute Gasteiger partial charge is 0.476 e. The molecule has 118 valence electrons. The lowest BCUT2D eigenvalue weighted by atomic mass is 10.1. The number of ether oxygens (including phenoxy) is 1. The second kappa shape index (κ2) is 7.48. The van der Waals surface area contributed by atoms with Crippen molar-refractivity contribution >= 4 is 11.5 Å². The summed E-state index contributed by atoms with van der Waals surface area (Å²) in [4.78, 5) is 9.10. The lowest BCUT2D eigenvalue weighted by molar-refractivity contribution is 0.298. The molecule has 0 aliphatic heterocycles. The van der Waals surface area contributed by atoms with E-state index < -0.39 is 0 Å². The van der Waals surface area contributed by atoms with Gasteiger partial charge in [-0.2, -0.15) is 4.98 Å². The summed E-state index contributed by atoms with van der Waals surface area (Å²) in [6, 6.07) is 0. The minimum Gasteiger partial charge on any atom is -0.476 e. The van der Waals surface area contributed by atoms with E-state index in [1.165, 1.54) is 12.8 Å². The molecule has 0 saturated heterocycles. The van der Waals surface area contributed by atoms with E-state index in [9.17, 15) is 0 Å². The van der Waals surface area contributed by atoms with E-state index >= 15 is 0 Å². The summed E-state index contributed by atoms with van der Waals surface area (Å²) in [5.41, 5.74) is 6.70. The van der Waals surface area contributed by atoms with E-state index in [1.807, 2.05) is 0 Å². The Balaban J connectivity index is 2.09. The SMILES string of the molecule is CCCCOc1nc(C2CC2)nc(NCCC(C)C)c1N. The van der Waals surface area contributed by atoms with Gasteiger partial charge in [0.25, 0.3) is 0 Å². The maximum absolute atomic E-state index is 6.16. The summed E-state index contributed by atoms with van der Waals surface area (Å²) in [6.45, 7) is 8.09. The fourth-order valence-corrected chi connectivity index (χ4v) is 2.03. The van der Waals surface area contributed by atoms with Crippen LogP contribution < -0.4 is 15.8 Å². The van der Waals surface area contributed by atoms with Crippen LogP contribution >= 0.6 is 0 Å². The highest BCUT2D eigenvalue weighted by molar-refractivity contribution is 5.67. The number of anilines is 2. The quantitative estimate of drug-likeness (QED) is 0.681. The molecule has 5 heteroatoms. The minimum absolute atomic E-state index is 0.491. The Morgan fingerprint density at radius 1 is 1.33 bits per heavy atom. The van der Waals surface area contributed by atoms with Gasteiger partial charge in [0.1, 0.15) is 11.5 Å². The number of nitrogens with two attached hydrogens (primary N) is 1. The average molecular weight is 292 g/mol. The predicted molar refractivity (Wildman–Crippen MR) is 86.8 cm³/mol. The lowest BCUT2D eigenvalue weighted by Crippen LogP contribution is -2.12. The number of unbranched alkanes of at least 4 members (excludes halogenated alkanes) is 1. The van der Waals surface area contributed by atoms with Crippen molar-refractivity contribution in [2.45, 2.75) is 58.8 Å². The molecule has 21 heavy (non-hydrogen) atoms. The molecule has 1 aliphatic carbocycles. The molecule has 0 aromatic carbocycles. The van der Waals surface area contributed by atoms with Gasteiger partial charge in [0.2, 0.25) is 5.88 Å². The van der Waals surface area contributed by atoms with Gasteiger partial charge in [0.05, 0.1) is 6.61 Å². The van der Waals surface area contributed by atoms with Gasteiger partial charge in [-0.05, 0) is 31.6 Å². The summed E-state index contributed by atoms with van der Waals surface area (Å²) in [5.74, 6) is 3.31. The van der Waals surface area contributed by atoms with E-state index in [-0.39, 0.29) is 0 Å². The molecule has 0 unspecified atom stereocenters. The highest BCUT2D eigenvalue weighted by Crippen LogP contribution is 2.40. The molecule has 1 fully saturated rings. The van der Waals surface area contributed by atoms with Crippen molar-refractivity contribution in [3.05, 3.63) is 5.82 Å². The van der Waals surface area contributed by atoms with Crippen molar-refractivity contribution in [1.29, 1.82) is 0 Å². The summed E-state index contributed by atoms with van der Waals surface area (Å²) < 4.78 is 5.75. The Hall–Kier alpha value is -1.52. The Morgan fingerprint density at radius 2 is 2.10 bits per heavy atom. The topological polar surface area (TPSA) is 73.1 Å². The van der Waals surface area contributed by atoms with Crippen molar-refractivity contribution < 1.29 is 4.74 Å². The first-order chi connectivity index (χ1) is 10.1. The van der Waals surface area contributed by atoms with Gasteiger partial charge in [-0.15, -0.1) is 0 Å². The number of aromatic nitrogens is 2. The predicted octanol–water partition coefficient (Wildman–Crippen LogP) is 3.57. The molecular formula is C16H28N4O. The third-order valence-corrected chi connectivity index (χ3v) is 3.62. The molecule has 1 aromatic heterocycles. The van der Waals surface area contributed by atoms with Crippen molar-refractivity contribution in [3.63, 3.8) is 0 Å². The number of hydrogen-bond donors (Lipinski definition) is 2. The van der Waals surface area contributed by atoms with Crippen molar-refractivity contribution in [3.8, 4) is 5.88 Å². The van der Waals surface area contributed by atoms with E-state index in [1.54, 1.807) is 0 Å². The average Bonchev–Trinajstić information content (AvgIpc) is 3.26. The van der Waals surface area contributed by atoms with Gasteiger partial charge in [-0.25, -0.2) is 4.98 Å². The zero-order chi connectivity index (χ0) is 15.2. The molecular weight excluding hydrogens is 264 g/mol. The highest BCUT2D eigenvalue weighted by Gasteiger charge is 2.28. The second-order valence-corrected chi connectivity index (χ2v) is 6.23. The van der Waals surface area contributed by atoms with Crippen LogP contribution in [0.1, 0.15) is 64.6 Å². The Bertz CT molecular complexity index is 458. The molecule has 0 amide bonds. The monoisotopic (exact) mass is 292 g/mol. The van der Waals surface area contributed by atoms with Crippen LogP contribution in [0.25, 0.3) is 0 Å². The molecule has 0 radical (unpaired) electrons. The molecule has 1 heterocycles. The van der Waals surface area contributed by atoms with Crippen LogP contribution in [-0.4, -0.2) is 23.1 Å². The Labute approximate surface area is 127 Å². The molecule has 0 atom stereocenters. The maximum atomic E-state index is 6.16. The lowest BCUT2D eigenvalue weighted by Gasteiger charge is -2.14. The molecule has 5 nitrogen and oxygen atoms in total. The number of rotatable bonds is 9. The van der Waals surface area contributed by atoms with Gasteiger partial charge in [0, 0.05) is 12.5 Å². The highest BCUT2D eigenvalue weighted by atomic mass is 16.5. The van der Waals surface area contributed by atoms with E-state index in [0.717, 1.165) is 37.4 Å². The van der Waals surface area contributed by atoms with Crippen molar-refractivity contribution in [2.24, 2.45) is 5.92 Å². The van der Waals surface area contributed by atoms with Crippen LogP contribution in [-0.2, 0) is 0 Å². The second-order valence-electron chi connectivity index (χ2n) is 6.23. The molecule has 1 saturated carbocycles. The van der Waals surface area contributed by atoms with Gasteiger partial charge in [-0.1, -0.05) is 27.2 Å². The number of nitrogens with one attached hydrogen (secondary N) is 1. The normalized spacial score (nSPS) is 14.5. The molecule has 0 bridgehead atoms. The Kier molecular flexibility index (Phi) is 5.65. The summed E-state index contributed by atoms with van der Waals surface area (Å²) in [5, 5.41) is 3.34. The number of nitrogens with zero attached hydrogens (tertiary/aromatic N) is 2. The van der Waals surface area contributed by atoms with E-state index in [4.69, 9.17) is 10.5 Å². The summed E-state index contributed by atoms with van der Waals surface area (Å²) in [7, 11) is 0. The van der Waals surface area contributed by atoms with Crippen LogP contribution in [0.4, 0.5) is 11.5 Å². The first-order valence-electron chi connectivity index (χ1n) is 8.15. The van der Waals surface area contributed by atoms with Crippen LogP contribution in [0.3, 0.4) is 0 Å². The van der Waals surface area contributed by atoms with Crippen LogP contribution in [0.2, 0.25) is 0 Å². The van der Waals surface area contributed by atoms with Crippen LogP contribution in [0, 0.1) is 5.92 Å². The van der Waals surface area contributed by atoms with Gasteiger partial charge in [0.15, 0.2) is 5.82 Å². The molecule has 2 rings (SSSR count). The van der Waals surface area contributed by atoms with E-state index in [2.05, 4.69) is 36.1 Å². The third kappa shape index (κ3) is 4.76. The number of hydrogen-bond acceptors (Lipinski definition) is 5. The summed E-state index contributed by atoms with van der Waals surface area (Å²) >= 11 is 0. The fourth-order valence-electron chi connectivity index (χ4n) is 2.03. The van der Waals surface area contributed by atoms with Crippen molar-refractivity contribution in [2.75, 3.05) is 24.2 Å². The summed E-state index contributed by atoms with van der Waals surface area (Å²) in [6.07, 6.45) is 5.54. The first-order valence-corrected chi connectivity index (χ1v) is 8.15.